The Balaban J connectivity index is 2.70. The third kappa shape index (κ3) is 2.36. The maximum atomic E-state index is 4.61. The quantitative estimate of drug-likeness (QED) is 0.943. The molecule has 0 aliphatic carbocycles. The topological polar surface area (TPSA) is 55.6 Å². The normalized spacial score (nSPS) is 10.8. The van der Waals surface area contributed by atoms with Gasteiger partial charge in [-0.2, -0.15) is 5.10 Å². The largest absolute Gasteiger partial charge is 0.373 e. The van der Waals surface area contributed by atoms with Crippen molar-refractivity contribution < 1.29 is 0 Å². The van der Waals surface area contributed by atoms with E-state index in [0.29, 0.717) is 0 Å². The van der Waals surface area contributed by atoms with Crippen LogP contribution in [0.5, 0.6) is 0 Å². The van der Waals surface area contributed by atoms with Crippen LogP contribution in [0, 0.1) is 20.8 Å². The van der Waals surface area contributed by atoms with Crippen LogP contribution in [0.1, 0.15) is 29.7 Å². The first kappa shape index (κ1) is 14.0. The molecule has 1 N–H and O–H groups in total. The summed E-state index contributed by atoms with van der Waals surface area (Å²) in [6.07, 6.45) is 0.794. The maximum absolute atomic E-state index is 4.61. The number of halogens is 1. The molecule has 0 fully saturated rings. The molecule has 0 spiro atoms. The molecule has 19 heavy (non-hydrogen) atoms. The van der Waals surface area contributed by atoms with Crippen LogP contribution in [0.4, 0.5) is 5.82 Å². The zero-order valence-electron chi connectivity index (χ0n) is 11.9. The average Bonchev–Trinajstić information content (AvgIpc) is 2.67. The minimum Gasteiger partial charge on any atom is -0.373 e. The Kier molecular flexibility index (Phi) is 3.89. The Labute approximate surface area is 121 Å². The van der Waals surface area contributed by atoms with Gasteiger partial charge in [-0.3, -0.25) is 0 Å². The zero-order chi connectivity index (χ0) is 14.2. The summed E-state index contributed by atoms with van der Waals surface area (Å²) in [4.78, 5) is 9.09. The smallest absolute Gasteiger partial charge is 0.162 e. The van der Waals surface area contributed by atoms with E-state index in [4.69, 9.17) is 0 Å². The van der Waals surface area contributed by atoms with Crippen molar-refractivity contribution >= 4 is 21.7 Å². The van der Waals surface area contributed by atoms with Crippen LogP contribution in [0.25, 0.3) is 5.82 Å². The number of hydrogen-bond donors (Lipinski definition) is 1. The summed E-state index contributed by atoms with van der Waals surface area (Å²) in [7, 11) is 1.87. The van der Waals surface area contributed by atoms with Gasteiger partial charge in [0.15, 0.2) is 5.82 Å². The molecule has 0 aromatic carbocycles. The summed E-state index contributed by atoms with van der Waals surface area (Å²) < 4.78 is 2.89. The van der Waals surface area contributed by atoms with Gasteiger partial charge < -0.3 is 5.32 Å². The molecule has 5 nitrogen and oxygen atoms in total. The lowest BCUT2D eigenvalue weighted by Gasteiger charge is -2.12. The van der Waals surface area contributed by atoms with Crippen LogP contribution in [0.3, 0.4) is 0 Å². The molecule has 0 saturated carbocycles. The lowest BCUT2D eigenvalue weighted by atomic mass is 10.3. The van der Waals surface area contributed by atoms with Crippen molar-refractivity contribution in [3.8, 4) is 5.82 Å². The highest BCUT2D eigenvalue weighted by Crippen LogP contribution is 2.25. The standard InChI is InChI=1S/C13H18BrN5/c1-6-10-16-12(15-5)7(2)13(17-10)19-9(4)11(14)8(3)18-19/h6H2,1-5H3,(H,15,16,17). The van der Waals surface area contributed by atoms with Crippen molar-refractivity contribution in [1.29, 1.82) is 0 Å². The summed E-state index contributed by atoms with van der Waals surface area (Å²) in [5.41, 5.74) is 3.00. The van der Waals surface area contributed by atoms with Crippen molar-refractivity contribution in [2.75, 3.05) is 12.4 Å². The molecule has 0 bridgehead atoms. The van der Waals surface area contributed by atoms with Crippen molar-refractivity contribution in [1.82, 2.24) is 19.7 Å². The summed E-state index contributed by atoms with van der Waals surface area (Å²) >= 11 is 3.55. The van der Waals surface area contributed by atoms with E-state index in [-0.39, 0.29) is 0 Å². The van der Waals surface area contributed by atoms with E-state index in [9.17, 15) is 0 Å². The first-order valence-corrected chi connectivity index (χ1v) is 7.06. The van der Waals surface area contributed by atoms with E-state index >= 15 is 0 Å². The second kappa shape index (κ2) is 5.28. The van der Waals surface area contributed by atoms with Gasteiger partial charge in [0, 0.05) is 19.0 Å². The van der Waals surface area contributed by atoms with E-state index in [1.54, 1.807) is 0 Å². The summed E-state index contributed by atoms with van der Waals surface area (Å²) in [6.45, 7) is 8.05. The maximum Gasteiger partial charge on any atom is 0.162 e. The highest BCUT2D eigenvalue weighted by atomic mass is 79.9. The molecule has 6 heteroatoms. The van der Waals surface area contributed by atoms with Gasteiger partial charge in [0.1, 0.15) is 11.6 Å². The predicted molar refractivity (Wildman–Crippen MR) is 80.0 cm³/mol. The van der Waals surface area contributed by atoms with E-state index in [0.717, 1.165) is 45.3 Å². The molecule has 0 atom stereocenters. The van der Waals surface area contributed by atoms with Crippen LogP contribution < -0.4 is 5.32 Å². The minimum absolute atomic E-state index is 0.794. The van der Waals surface area contributed by atoms with Gasteiger partial charge in [-0.15, -0.1) is 0 Å². The van der Waals surface area contributed by atoms with Gasteiger partial charge in [-0.05, 0) is 36.7 Å². The van der Waals surface area contributed by atoms with Crippen LogP contribution in [-0.2, 0) is 6.42 Å². The second-order valence-corrected chi connectivity index (χ2v) is 5.23. The second-order valence-electron chi connectivity index (χ2n) is 4.44. The van der Waals surface area contributed by atoms with Crippen molar-refractivity contribution in [3.05, 3.63) is 27.2 Å². The fraction of sp³-hybridized carbons (Fsp3) is 0.462. The van der Waals surface area contributed by atoms with Gasteiger partial charge >= 0.3 is 0 Å². The predicted octanol–water partition coefficient (Wildman–Crippen LogP) is 2.95. The molecule has 0 amide bonds. The number of aromatic nitrogens is 4. The number of aryl methyl sites for hydroxylation is 2. The molecule has 2 rings (SSSR count). The Morgan fingerprint density at radius 1 is 1.21 bits per heavy atom. The van der Waals surface area contributed by atoms with Gasteiger partial charge in [0.05, 0.1) is 15.9 Å². The molecular formula is C13H18BrN5. The summed E-state index contributed by atoms with van der Waals surface area (Å²) in [6, 6.07) is 0. The molecule has 102 valence electrons. The lowest BCUT2D eigenvalue weighted by Crippen LogP contribution is -2.11. The zero-order valence-corrected chi connectivity index (χ0v) is 13.5. The Morgan fingerprint density at radius 2 is 1.89 bits per heavy atom. The fourth-order valence-corrected chi connectivity index (χ4v) is 2.23. The van der Waals surface area contributed by atoms with Gasteiger partial charge in [0.25, 0.3) is 0 Å². The third-order valence-corrected chi connectivity index (χ3v) is 4.27. The minimum atomic E-state index is 0.794. The molecule has 2 aromatic rings. The van der Waals surface area contributed by atoms with Crippen molar-refractivity contribution in [3.63, 3.8) is 0 Å². The van der Waals surface area contributed by atoms with Gasteiger partial charge in [-0.25, -0.2) is 14.6 Å². The fourth-order valence-electron chi connectivity index (χ4n) is 1.99. The number of nitrogens with one attached hydrogen (secondary N) is 1. The molecule has 0 radical (unpaired) electrons. The Hall–Kier alpha value is -1.43. The number of nitrogens with zero attached hydrogens (tertiary/aromatic N) is 4. The van der Waals surface area contributed by atoms with E-state index < -0.39 is 0 Å². The van der Waals surface area contributed by atoms with Crippen LogP contribution >= 0.6 is 15.9 Å². The van der Waals surface area contributed by atoms with Crippen LogP contribution in [0.15, 0.2) is 4.47 Å². The highest BCUT2D eigenvalue weighted by molar-refractivity contribution is 9.10. The third-order valence-electron chi connectivity index (χ3n) is 3.12. The SMILES string of the molecule is CCc1nc(NC)c(C)c(-n2nc(C)c(Br)c2C)n1. The Morgan fingerprint density at radius 3 is 2.37 bits per heavy atom. The molecule has 0 saturated heterocycles. The number of rotatable bonds is 3. The Bertz CT molecular complexity index is 618. The molecule has 2 heterocycles. The van der Waals surface area contributed by atoms with Crippen molar-refractivity contribution in [2.24, 2.45) is 0 Å². The van der Waals surface area contributed by atoms with E-state index in [1.165, 1.54) is 0 Å². The first-order chi connectivity index (χ1) is 8.99. The average molecular weight is 324 g/mol. The van der Waals surface area contributed by atoms with Crippen LogP contribution in [0.2, 0.25) is 0 Å². The van der Waals surface area contributed by atoms with E-state index in [1.807, 2.05) is 39.4 Å². The van der Waals surface area contributed by atoms with Gasteiger partial charge in [-0.1, -0.05) is 6.92 Å². The van der Waals surface area contributed by atoms with Crippen LogP contribution in [-0.4, -0.2) is 26.8 Å². The highest BCUT2D eigenvalue weighted by Gasteiger charge is 2.16. The molecule has 0 aliphatic heterocycles. The summed E-state index contributed by atoms with van der Waals surface area (Å²) in [5, 5.41) is 7.66. The molecule has 0 aliphatic rings. The van der Waals surface area contributed by atoms with Gasteiger partial charge in [0.2, 0.25) is 0 Å². The molecule has 2 aromatic heterocycles. The molecule has 0 unspecified atom stereocenters. The number of hydrogen-bond acceptors (Lipinski definition) is 4. The van der Waals surface area contributed by atoms with Crippen molar-refractivity contribution in [2.45, 2.75) is 34.1 Å². The van der Waals surface area contributed by atoms with E-state index in [2.05, 4.69) is 36.3 Å². The first-order valence-electron chi connectivity index (χ1n) is 6.26. The summed E-state index contributed by atoms with van der Waals surface area (Å²) in [5.74, 6) is 2.50. The lowest BCUT2D eigenvalue weighted by molar-refractivity contribution is 0.775. The monoisotopic (exact) mass is 323 g/mol. The number of anilines is 1. The molecular weight excluding hydrogens is 306 g/mol.